The lowest BCUT2D eigenvalue weighted by molar-refractivity contribution is -0.137. The second-order valence-corrected chi connectivity index (χ2v) is 5.88. The van der Waals surface area contributed by atoms with E-state index in [1.807, 2.05) is 18.2 Å². The second-order valence-electron chi connectivity index (χ2n) is 5.88. The lowest BCUT2D eigenvalue weighted by atomic mass is 9.97. The first-order chi connectivity index (χ1) is 10.7. The van der Waals surface area contributed by atoms with Gasteiger partial charge in [0.15, 0.2) is 0 Å². The van der Waals surface area contributed by atoms with Crippen molar-refractivity contribution in [1.82, 2.24) is 0 Å². The van der Waals surface area contributed by atoms with E-state index in [1.54, 1.807) is 0 Å². The van der Waals surface area contributed by atoms with E-state index in [-0.39, 0.29) is 0 Å². The van der Waals surface area contributed by atoms with Crippen LogP contribution in [0, 0.1) is 0 Å². The van der Waals surface area contributed by atoms with Gasteiger partial charge in [-0.25, -0.2) is 4.79 Å². The smallest absolute Gasteiger partial charge is 0.326 e. The molecule has 0 spiro atoms. The minimum Gasteiger partial charge on any atom is -0.480 e. The molecule has 3 rings (SSSR count). The molecule has 22 heavy (non-hydrogen) atoms. The molecule has 0 saturated carbocycles. The Morgan fingerprint density at radius 1 is 1.05 bits per heavy atom. The first-order valence-corrected chi connectivity index (χ1v) is 7.88. The molecule has 0 amide bonds. The molecule has 2 aromatic carbocycles. The van der Waals surface area contributed by atoms with Crippen molar-refractivity contribution < 1.29 is 9.90 Å². The van der Waals surface area contributed by atoms with Gasteiger partial charge in [0, 0.05) is 12.1 Å². The average Bonchev–Trinajstić information content (AvgIpc) is 2.98. The number of carboxylic acid groups (broad SMARTS) is 1. The quantitative estimate of drug-likeness (QED) is 0.799. The number of carbonyl (C=O) groups is 1. The maximum absolute atomic E-state index is 11.1. The molecule has 0 aliphatic carbocycles. The van der Waals surface area contributed by atoms with Crippen molar-refractivity contribution in [2.45, 2.75) is 38.1 Å². The highest BCUT2D eigenvalue weighted by Gasteiger charge is 2.27. The Bertz CT molecular complexity index is 652. The monoisotopic (exact) mass is 295 g/mol. The zero-order chi connectivity index (χ0) is 15.4. The molecule has 1 aliphatic heterocycles. The zero-order valence-corrected chi connectivity index (χ0v) is 12.6. The molecule has 3 heteroatoms. The second kappa shape index (κ2) is 6.65. The summed E-state index contributed by atoms with van der Waals surface area (Å²) in [5.41, 5.74) is 4.86. The van der Waals surface area contributed by atoms with Gasteiger partial charge in [-0.2, -0.15) is 0 Å². The number of aliphatic carboxylic acids is 1. The highest BCUT2D eigenvalue weighted by Crippen LogP contribution is 2.30. The number of anilines is 1. The van der Waals surface area contributed by atoms with Crippen LogP contribution in [0.1, 0.15) is 29.5 Å². The number of hydrogen-bond acceptors (Lipinski definition) is 2. The third-order valence-electron chi connectivity index (χ3n) is 4.31. The Labute approximate surface area is 131 Å². The largest absolute Gasteiger partial charge is 0.480 e. The molecule has 1 heterocycles. The van der Waals surface area contributed by atoms with E-state index in [0.29, 0.717) is 6.42 Å². The van der Waals surface area contributed by atoms with Crippen LogP contribution in [0.3, 0.4) is 0 Å². The average molecular weight is 295 g/mol. The summed E-state index contributed by atoms with van der Waals surface area (Å²) in [6.07, 6.45) is 5.00. The van der Waals surface area contributed by atoms with Crippen LogP contribution in [0.15, 0.2) is 48.5 Å². The number of carboxylic acids is 1. The minimum absolute atomic E-state index is 0.472. The van der Waals surface area contributed by atoms with E-state index < -0.39 is 12.0 Å². The van der Waals surface area contributed by atoms with Gasteiger partial charge in [0.05, 0.1) is 0 Å². The standard InChI is InChI=1S/C19H21NO2/c21-19(22)18-13-16-15(11-6-12-17(16)20-18)10-5-4-9-14-7-2-1-3-8-14/h1-3,6-8,11-12,18,20H,4-5,9-10,13H2,(H,21,22). The number of nitrogens with one attached hydrogen (secondary N) is 1. The van der Waals surface area contributed by atoms with Crippen molar-refractivity contribution in [1.29, 1.82) is 0 Å². The van der Waals surface area contributed by atoms with Crippen LogP contribution in [-0.4, -0.2) is 17.1 Å². The number of hydrogen-bond donors (Lipinski definition) is 2. The van der Waals surface area contributed by atoms with E-state index >= 15 is 0 Å². The Kier molecular flexibility index (Phi) is 4.42. The predicted molar refractivity (Wildman–Crippen MR) is 88.3 cm³/mol. The predicted octanol–water partition coefficient (Wildman–Crippen LogP) is 3.67. The fourth-order valence-electron chi connectivity index (χ4n) is 3.13. The van der Waals surface area contributed by atoms with Gasteiger partial charge in [-0.3, -0.25) is 0 Å². The van der Waals surface area contributed by atoms with Gasteiger partial charge in [0.25, 0.3) is 0 Å². The lowest BCUT2D eigenvalue weighted by Crippen LogP contribution is -2.26. The lowest BCUT2D eigenvalue weighted by Gasteiger charge is -2.07. The highest BCUT2D eigenvalue weighted by atomic mass is 16.4. The van der Waals surface area contributed by atoms with Crippen molar-refractivity contribution in [3.05, 3.63) is 65.2 Å². The summed E-state index contributed by atoms with van der Waals surface area (Å²) in [4.78, 5) is 11.1. The van der Waals surface area contributed by atoms with Crippen LogP contribution in [0.25, 0.3) is 0 Å². The molecule has 0 radical (unpaired) electrons. The Balaban J connectivity index is 1.56. The third kappa shape index (κ3) is 3.30. The van der Waals surface area contributed by atoms with E-state index in [9.17, 15) is 4.79 Å². The molecular weight excluding hydrogens is 274 g/mol. The summed E-state index contributed by atoms with van der Waals surface area (Å²) < 4.78 is 0. The van der Waals surface area contributed by atoms with Crippen LogP contribution in [0.2, 0.25) is 0 Å². The van der Waals surface area contributed by atoms with Gasteiger partial charge in [-0.05, 0) is 48.4 Å². The molecule has 2 aromatic rings. The molecule has 0 fully saturated rings. The summed E-state index contributed by atoms with van der Waals surface area (Å²) in [5, 5.41) is 12.2. The first-order valence-electron chi connectivity index (χ1n) is 7.88. The Hall–Kier alpha value is -2.29. The summed E-state index contributed by atoms with van der Waals surface area (Å²) in [5.74, 6) is -0.772. The molecule has 114 valence electrons. The van der Waals surface area contributed by atoms with E-state index in [1.165, 1.54) is 16.7 Å². The Morgan fingerprint density at radius 2 is 1.82 bits per heavy atom. The molecule has 2 N–H and O–H groups in total. The van der Waals surface area contributed by atoms with Crippen molar-refractivity contribution in [3.8, 4) is 0 Å². The number of benzene rings is 2. The zero-order valence-electron chi connectivity index (χ0n) is 12.6. The van der Waals surface area contributed by atoms with Gasteiger partial charge < -0.3 is 10.4 Å². The summed E-state index contributed by atoms with van der Waals surface area (Å²) in [6.45, 7) is 0. The van der Waals surface area contributed by atoms with Gasteiger partial charge >= 0.3 is 5.97 Å². The normalized spacial score (nSPS) is 16.1. The first kappa shape index (κ1) is 14.6. The van der Waals surface area contributed by atoms with Crippen LogP contribution in [-0.2, 0) is 24.1 Å². The van der Waals surface area contributed by atoms with Crippen molar-refractivity contribution in [3.63, 3.8) is 0 Å². The van der Waals surface area contributed by atoms with Crippen LogP contribution < -0.4 is 5.32 Å². The molecular formula is C19H21NO2. The summed E-state index contributed by atoms with van der Waals surface area (Å²) >= 11 is 0. The maximum Gasteiger partial charge on any atom is 0.326 e. The SMILES string of the molecule is O=C(O)C1Cc2c(CCCCc3ccccc3)cccc2N1. The molecule has 1 aliphatic rings. The third-order valence-corrected chi connectivity index (χ3v) is 4.31. The van der Waals surface area contributed by atoms with Crippen LogP contribution in [0.5, 0.6) is 0 Å². The van der Waals surface area contributed by atoms with E-state index in [0.717, 1.165) is 31.4 Å². The van der Waals surface area contributed by atoms with Gasteiger partial charge in [-0.1, -0.05) is 42.5 Å². The summed E-state index contributed by atoms with van der Waals surface area (Å²) in [6, 6.07) is 16.2. The van der Waals surface area contributed by atoms with Crippen molar-refractivity contribution in [2.75, 3.05) is 5.32 Å². The van der Waals surface area contributed by atoms with E-state index in [2.05, 4.69) is 35.6 Å². The van der Waals surface area contributed by atoms with Crippen molar-refractivity contribution in [2.24, 2.45) is 0 Å². The van der Waals surface area contributed by atoms with Crippen molar-refractivity contribution >= 4 is 11.7 Å². The molecule has 1 atom stereocenters. The number of fused-ring (bicyclic) bond motifs is 1. The number of rotatable bonds is 6. The highest BCUT2D eigenvalue weighted by molar-refractivity contribution is 5.81. The molecule has 0 saturated heterocycles. The fraction of sp³-hybridized carbons (Fsp3) is 0.316. The molecule has 0 bridgehead atoms. The summed E-state index contributed by atoms with van der Waals surface area (Å²) in [7, 11) is 0. The van der Waals surface area contributed by atoms with Crippen LogP contribution in [0.4, 0.5) is 5.69 Å². The molecule has 1 unspecified atom stereocenters. The molecule has 3 nitrogen and oxygen atoms in total. The maximum atomic E-state index is 11.1. The van der Waals surface area contributed by atoms with Gasteiger partial charge in [0.1, 0.15) is 6.04 Å². The number of aryl methyl sites for hydroxylation is 2. The fourth-order valence-corrected chi connectivity index (χ4v) is 3.13. The topological polar surface area (TPSA) is 49.3 Å². The van der Waals surface area contributed by atoms with Gasteiger partial charge in [0.2, 0.25) is 0 Å². The van der Waals surface area contributed by atoms with Crippen LogP contribution >= 0.6 is 0 Å². The number of unbranched alkanes of at least 4 members (excludes halogenated alkanes) is 1. The van der Waals surface area contributed by atoms with Gasteiger partial charge in [-0.15, -0.1) is 0 Å². The Morgan fingerprint density at radius 3 is 2.59 bits per heavy atom. The minimum atomic E-state index is -0.772. The van der Waals surface area contributed by atoms with E-state index in [4.69, 9.17) is 5.11 Å². The molecule has 0 aromatic heterocycles.